The Balaban J connectivity index is 3.25. The number of azide groups is 1. The standard InChI is InChI=1S/C8H14N4O2/c1-7(13)10-6-4-2-3-5-8(14)11-12-9/h2-6H2,1H3,(H,10,13). The maximum atomic E-state index is 10.7. The molecule has 0 spiro atoms. The highest BCUT2D eigenvalue weighted by atomic mass is 16.2. The second kappa shape index (κ2) is 8.07. The molecule has 6 nitrogen and oxygen atoms in total. The third-order valence-electron chi connectivity index (χ3n) is 1.60. The van der Waals surface area contributed by atoms with Crippen LogP contribution >= 0.6 is 0 Å². The number of nitrogens with one attached hydrogen (secondary N) is 1. The van der Waals surface area contributed by atoms with E-state index in [9.17, 15) is 9.59 Å². The van der Waals surface area contributed by atoms with Gasteiger partial charge in [-0.15, -0.1) is 0 Å². The van der Waals surface area contributed by atoms with Gasteiger partial charge < -0.3 is 5.32 Å². The Labute approximate surface area is 82.3 Å². The number of carbonyl (C=O) groups is 2. The Hall–Kier alpha value is -1.55. The van der Waals surface area contributed by atoms with Crippen molar-refractivity contribution in [2.45, 2.75) is 32.6 Å². The van der Waals surface area contributed by atoms with Crippen LogP contribution in [0.3, 0.4) is 0 Å². The van der Waals surface area contributed by atoms with Crippen molar-refractivity contribution in [1.29, 1.82) is 0 Å². The lowest BCUT2D eigenvalue weighted by molar-refractivity contribution is -0.119. The van der Waals surface area contributed by atoms with E-state index in [1.165, 1.54) is 6.92 Å². The highest BCUT2D eigenvalue weighted by Gasteiger charge is 1.97. The van der Waals surface area contributed by atoms with Crippen LogP contribution in [0.15, 0.2) is 5.11 Å². The number of rotatable bonds is 6. The van der Waals surface area contributed by atoms with Crippen LogP contribution in [0.2, 0.25) is 0 Å². The lowest BCUT2D eigenvalue weighted by atomic mass is 10.2. The number of hydrogen-bond donors (Lipinski definition) is 1. The van der Waals surface area contributed by atoms with E-state index in [0.29, 0.717) is 13.0 Å². The zero-order valence-electron chi connectivity index (χ0n) is 8.19. The topological polar surface area (TPSA) is 94.9 Å². The maximum Gasteiger partial charge on any atom is 0.218 e. The van der Waals surface area contributed by atoms with Gasteiger partial charge in [-0.25, -0.2) is 0 Å². The first-order chi connectivity index (χ1) is 6.66. The molecule has 0 saturated carbocycles. The van der Waals surface area contributed by atoms with Crippen LogP contribution in [0.5, 0.6) is 0 Å². The van der Waals surface area contributed by atoms with E-state index in [1.807, 2.05) is 0 Å². The summed E-state index contributed by atoms with van der Waals surface area (Å²) in [6.45, 7) is 2.09. The van der Waals surface area contributed by atoms with Gasteiger partial charge in [0, 0.05) is 24.8 Å². The minimum atomic E-state index is -0.424. The number of hydrogen-bond acceptors (Lipinski definition) is 2. The van der Waals surface area contributed by atoms with Crippen LogP contribution in [0, 0.1) is 0 Å². The lowest BCUT2D eigenvalue weighted by Crippen LogP contribution is -2.20. The summed E-state index contributed by atoms with van der Waals surface area (Å²) in [5, 5.41) is 5.60. The molecule has 0 radical (unpaired) electrons. The molecule has 0 unspecified atom stereocenters. The summed E-state index contributed by atoms with van der Waals surface area (Å²) in [7, 11) is 0. The van der Waals surface area contributed by atoms with Crippen LogP contribution in [0.1, 0.15) is 32.6 Å². The second-order valence-corrected chi connectivity index (χ2v) is 2.88. The Kier molecular flexibility index (Phi) is 7.17. The van der Waals surface area contributed by atoms with Gasteiger partial charge in [-0.3, -0.25) is 9.59 Å². The van der Waals surface area contributed by atoms with Crippen molar-refractivity contribution < 1.29 is 9.59 Å². The van der Waals surface area contributed by atoms with Crippen LogP contribution in [0.4, 0.5) is 0 Å². The summed E-state index contributed by atoms with van der Waals surface area (Å²) in [5.41, 5.74) is 7.93. The predicted molar refractivity (Wildman–Crippen MR) is 51.3 cm³/mol. The summed E-state index contributed by atoms with van der Waals surface area (Å²) in [4.78, 5) is 23.5. The van der Waals surface area contributed by atoms with E-state index in [4.69, 9.17) is 5.53 Å². The smallest absolute Gasteiger partial charge is 0.218 e. The fraction of sp³-hybridized carbons (Fsp3) is 0.750. The van der Waals surface area contributed by atoms with Crippen molar-refractivity contribution >= 4 is 11.8 Å². The first kappa shape index (κ1) is 12.4. The molecule has 0 rings (SSSR count). The van der Waals surface area contributed by atoms with Gasteiger partial charge in [0.05, 0.1) is 0 Å². The van der Waals surface area contributed by atoms with E-state index in [-0.39, 0.29) is 12.3 Å². The molecule has 0 aliphatic heterocycles. The molecule has 78 valence electrons. The molecule has 0 heterocycles. The molecule has 0 aromatic rings. The molecule has 6 heteroatoms. The van der Waals surface area contributed by atoms with Gasteiger partial charge in [0.1, 0.15) is 0 Å². The molecule has 0 aliphatic carbocycles. The largest absolute Gasteiger partial charge is 0.356 e. The van der Waals surface area contributed by atoms with Gasteiger partial charge in [0.25, 0.3) is 0 Å². The Morgan fingerprint density at radius 1 is 1.36 bits per heavy atom. The number of nitrogens with zero attached hydrogens (tertiary/aromatic N) is 3. The van der Waals surface area contributed by atoms with Crippen molar-refractivity contribution in [3.05, 3.63) is 10.4 Å². The Morgan fingerprint density at radius 3 is 2.64 bits per heavy atom. The zero-order chi connectivity index (χ0) is 10.8. The van der Waals surface area contributed by atoms with Gasteiger partial charge in [-0.2, -0.15) is 0 Å². The normalized spacial score (nSPS) is 8.93. The summed E-state index contributed by atoms with van der Waals surface area (Å²) < 4.78 is 0. The quantitative estimate of drug-likeness (QED) is 0.303. The van der Waals surface area contributed by atoms with Crippen molar-refractivity contribution in [3.8, 4) is 0 Å². The van der Waals surface area contributed by atoms with Crippen LogP contribution in [-0.2, 0) is 9.59 Å². The highest BCUT2D eigenvalue weighted by Crippen LogP contribution is 2.00. The van der Waals surface area contributed by atoms with Crippen molar-refractivity contribution in [2.24, 2.45) is 5.11 Å². The van der Waals surface area contributed by atoms with Gasteiger partial charge >= 0.3 is 0 Å². The second-order valence-electron chi connectivity index (χ2n) is 2.88. The molecule has 0 aliphatic rings. The van der Waals surface area contributed by atoms with Crippen LogP contribution in [0.25, 0.3) is 10.4 Å². The van der Waals surface area contributed by atoms with Gasteiger partial charge in [-0.1, -0.05) is 6.42 Å². The average molecular weight is 198 g/mol. The van der Waals surface area contributed by atoms with E-state index in [1.54, 1.807) is 0 Å². The Bertz CT molecular complexity index is 246. The van der Waals surface area contributed by atoms with Crippen LogP contribution in [-0.4, -0.2) is 18.4 Å². The fourth-order valence-corrected chi connectivity index (χ4v) is 0.942. The van der Waals surface area contributed by atoms with E-state index in [0.717, 1.165) is 12.8 Å². The molecule has 0 bridgehead atoms. The SMILES string of the molecule is CC(=O)NCCCCCC(=O)N=[N+]=[N-]. The van der Waals surface area contributed by atoms with Gasteiger partial charge in [0.15, 0.2) is 0 Å². The molecule has 0 aromatic heterocycles. The van der Waals surface area contributed by atoms with E-state index < -0.39 is 5.91 Å². The third-order valence-corrected chi connectivity index (χ3v) is 1.60. The molecule has 0 aromatic carbocycles. The first-order valence-electron chi connectivity index (χ1n) is 4.49. The molecule has 0 atom stereocenters. The molecule has 1 N–H and O–H groups in total. The highest BCUT2D eigenvalue weighted by molar-refractivity contribution is 5.76. The summed E-state index contributed by atoms with van der Waals surface area (Å²) in [5.74, 6) is -0.470. The predicted octanol–water partition coefficient (Wildman–Crippen LogP) is 1.52. The molecule has 2 amide bonds. The average Bonchev–Trinajstić information content (AvgIpc) is 2.11. The maximum absolute atomic E-state index is 10.7. The number of amides is 2. The zero-order valence-corrected chi connectivity index (χ0v) is 8.19. The minimum Gasteiger partial charge on any atom is -0.356 e. The van der Waals surface area contributed by atoms with Crippen molar-refractivity contribution in [1.82, 2.24) is 5.32 Å². The molecule has 0 fully saturated rings. The van der Waals surface area contributed by atoms with Crippen molar-refractivity contribution in [3.63, 3.8) is 0 Å². The molecular weight excluding hydrogens is 184 g/mol. The van der Waals surface area contributed by atoms with E-state index >= 15 is 0 Å². The summed E-state index contributed by atoms with van der Waals surface area (Å²) >= 11 is 0. The number of unbranched alkanes of at least 4 members (excludes halogenated alkanes) is 2. The molecular formula is C8H14N4O2. The monoisotopic (exact) mass is 198 g/mol. The lowest BCUT2D eigenvalue weighted by Gasteiger charge is -2.00. The molecule has 0 saturated heterocycles. The van der Waals surface area contributed by atoms with Gasteiger partial charge in [0.2, 0.25) is 11.8 Å². The van der Waals surface area contributed by atoms with Gasteiger partial charge in [-0.05, 0) is 23.5 Å². The van der Waals surface area contributed by atoms with Crippen molar-refractivity contribution in [2.75, 3.05) is 6.54 Å². The summed E-state index contributed by atoms with van der Waals surface area (Å²) in [6, 6.07) is 0. The Morgan fingerprint density at radius 2 is 2.07 bits per heavy atom. The first-order valence-corrected chi connectivity index (χ1v) is 4.49. The molecule has 14 heavy (non-hydrogen) atoms. The van der Waals surface area contributed by atoms with E-state index in [2.05, 4.69) is 15.3 Å². The minimum absolute atomic E-state index is 0.0462. The van der Waals surface area contributed by atoms with Crippen LogP contribution < -0.4 is 5.32 Å². The third kappa shape index (κ3) is 8.55. The summed E-state index contributed by atoms with van der Waals surface area (Å²) in [6.07, 6.45) is 2.65. The number of carbonyl (C=O) groups excluding carboxylic acids is 2. The fourth-order valence-electron chi connectivity index (χ4n) is 0.942.